The molecule has 132 valence electrons. The summed E-state index contributed by atoms with van der Waals surface area (Å²) >= 11 is 0. The van der Waals surface area contributed by atoms with Crippen LogP contribution in [0.1, 0.15) is 5.69 Å². The van der Waals surface area contributed by atoms with Gasteiger partial charge in [0.2, 0.25) is 0 Å². The molecule has 0 bridgehead atoms. The molecular formula is C19H24N4O2. The Hall–Kier alpha value is -2.57. The third kappa shape index (κ3) is 5.20. The van der Waals surface area contributed by atoms with Gasteiger partial charge in [-0.2, -0.15) is 0 Å². The quantitative estimate of drug-likeness (QED) is 0.754. The summed E-state index contributed by atoms with van der Waals surface area (Å²) in [5.74, 6) is 1.45. The zero-order valence-corrected chi connectivity index (χ0v) is 14.3. The number of hydrogen-bond donors (Lipinski definition) is 2. The summed E-state index contributed by atoms with van der Waals surface area (Å²) in [6, 6.07) is 11.0. The van der Waals surface area contributed by atoms with Crippen LogP contribution in [0.4, 0.5) is 5.69 Å². The molecule has 3 N–H and O–H groups in total. The number of pyridine rings is 1. The van der Waals surface area contributed by atoms with E-state index in [1.165, 1.54) is 0 Å². The zero-order valence-electron chi connectivity index (χ0n) is 14.3. The Bertz CT molecular complexity index is 697. The van der Waals surface area contributed by atoms with Crippen molar-refractivity contribution < 1.29 is 9.47 Å². The number of benzene rings is 1. The van der Waals surface area contributed by atoms with Crippen molar-refractivity contribution in [2.24, 2.45) is 0 Å². The van der Waals surface area contributed by atoms with Crippen molar-refractivity contribution in [3.8, 4) is 11.5 Å². The third-order valence-electron chi connectivity index (χ3n) is 4.03. The van der Waals surface area contributed by atoms with E-state index in [9.17, 15) is 0 Å². The lowest BCUT2D eigenvalue weighted by atomic mass is 10.2. The maximum absolute atomic E-state index is 5.84. The van der Waals surface area contributed by atoms with Gasteiger partial charge in [-0.3, -0.25) is 9.88 Å². The zero-order chi connectivity index (χ0) is 17.5. The Kier molecular flexibility index (Phi) is 5.87. The SMILES string of the molecule is C=C(NCCN1CCOCC1)c1cc(Oc2ccc(N)cc2)ccn1. The summed E-state index contributed by atoms with van der Waals surface area (Å²) in [6.45, 7) is 9.46. The monoisotopic (exact) mass is 340 g/mol. The van der Waals surface area contributed by atoms with Crippen molar-refractivity contribution in [1.29, 1.82) is 0 Å². The fourth-order valence-corrected chi connectivity index (χ4v) is 2.59. The van der Waals surface area contributed by atoms with Crippen molar-refractivity contribution >= 4 is 11.4 Å². The summed E-state index contributed by atoms with van der Waals surface area (Å²) in [5.41, 5.74) is 7.96. The number of aromatic nitrogens is 1. The van der Waals surface area contributed by atoms with Crippen LogP contribution >= 0.6 is 0 Å². The predicted octanol–water partition coefficient (Wildman–Crippen LogP) is 2.35. The standard InChI is InChI=1S/C19H24N4O2/c1-15(21-8-9-23-10-12-24-13-11-23)19-14-18(6-7-22-19)25-17-4-2-16(20)3-5-17/h2-7,14,21H,1,8-13,20H2. The van der Waals surface area contributed by atoms with E-state index in [0.29, 0.717) is 11.4 Å². The van der Waals surface area contributed by atoms with E-state index < -0.39 is 0 Å². The van der Waals surface area contributed by atoms with E-state index in [4.69, 9.17) is 15.2 Å². The largest absolute Gasteiger partial charge is 0.457 e. The summed E-state index contributed by atoms with van der Waals surface area (Å²) in [6.07, 6.45) is 1.72. The van der Waals surface area contributed by atoms with Gasteiger partial charge in [-0.05, 0) is 30.3 Å². The van der Waals surface area contributed by atoms with Gasteiger partial charge in [0.15, 0.2) is 0 Å². The molecule has 0 spiro atoms. The lowest BCUT2D eigenvalue weighted by molar-refractivity contribution is 0.0388. The van der Waals surface area contributed by atoms with Gasteiger partial charge < -0.3 is 20.5 Å². The van der Waals surface area contributed by atoms with E-state index in [1.54, 1.807) is 6.20 Å². The number of nitrogens with one attached hydrogen (secondary N) is 1. The molecule has 1 aliphatic heterocycles. The summed E-state index contributed by atoms with van der Waals surface area (Å²) in [4.78, 5) is 6.74. The first-order chi connectivity index (χ1) is 12.2. The lowest BCUT2D eigenvalue weighted by Gasteiger charge is -2.26. The topological polar surface area (TPSA) is 72.6 Å². The van der Waals surface area contributed by atoms with Crippen LogP contribution in [0, 0.1) is 0 Å². The molecule has 0 radical (unpaired) electrons. The number of morpholine rings is 1. The average Bonchev–Trinajstić information content (AvgIpc) is 2.65. The molecule has 2 aromatic rings. The second-order valence-corrected chi connectivity index (χ2v) is 5.91. The fourth-order valence-electron chi connectivity index (χ4n) is 2.59. The molecule has 2 heterocycles. The summed E-state index contributed by atoms with van der Waals surface area (Å²) < 4.78 is 11.2. The lowest BCUT2D eigenvalue weighted by Crippen LogP contribution is -2.40. The molecule has 0 amide bonds. The van der Waals surface area contributed by atoms with Gasteiger partial charge in [0, 0.05) is 44.1 Å². The molecule has 3 rings (SSSR count). The van der Waals surface area contributed by atoms with Crippen molar-refractivity contribution in [3.05, 3.63) is 54.9 Å². The maximum Gasteiger partial charge on any atom is 0.131 e. The summed E-state index contributed by atoms with van der Waals surface area (Å²) in [7, 11) is 0. The molecule has 6 heteroatoms. The number of rotatable bonds is 7. The van der Waals surface area contributed by atoms with Crippen LogP contribution in [0.5, 0.6) is 11.5 Å². The third-order valence-corrected chi connectivity index (χ3v) is 4.03. The normalized spacial score (nSPS) is 14.9. The van der Waals surface area contributed by atoms with Gasteiger partial charge >= 0.3 is 0 Å². The minimum Gasteiger partial charge on any atom is -0.457 e. The number of nitrogens with two attached hydrogens (primary N) is 1. The Balaban J connectivity index is 1.52. The highest BCUT2D eigenvalue weighted by molar-refractivity contribution is 5.59. The molecule has 0 aliphatic carbocycles. The molecule has 0 atom stereocenters. The molecule has 0 unspecified atom stereocenters. The van der Waals surface area contributed by atoms with Crippen LogP contribution in [-0.2, 0) is 4.74 Å². The van der Waals surface area contributed by atoms with E-state index in [-0.39, 0.29) is 0 Å². The van der Waals surface area contributed by atoms with Crippen LogP contribution in [0.2, 0.25) is 0 Å². The molecule has 1 fully saturated rings. The van der Waals surface area contributed by atoms with E-state index in [1.807, 2.05) is 36.4 Å². The number of nitrogens with zero attached hydrogens (tertiary/aromatic N) is 2. The molecule has 6 nitrogen and oxygen atoms in total. The van der Waals surface area contributed by atoms with Gasteiger partial charge in [-0.25, -0.2) is 0 Å². The highest BCUT2D eigenvalue weighted by Gasteiger charge is 2.10. The predicted molar refractivity (Wildman–Crippen MR) is 99.5 cm³/mol. The number of anilines is 1. The van der Waals surface area contributed by atoms with Crippen molar-refractivity contribution in [1.82, 2.24) is 15.2 Å². The number of hydrogen-bond acceptors (Lipinski definition) is 6. The van der Waals surface area contributed by atoms with Crippen LogP contribution in [0.25, 0.3) is 5.70 Å². The van der Waals surface area contributed by atoms with Crippen LogP contribution < -0.4 is 15.8 Å². The van der Waals surface area contributed by atoms with Gasteiger partial charge in [0.05, 0.1) is 24.6 Å². The Morgan fingerprint density at radius 3 is 2.72 bits per heavy atom. The molecule has 1 saturated heterocycles. The maximum atomic E-state index is 5.84. The van der Waals surface area contributed by atoms with E-state index in [2.05, 4.69) is 21.8 Å². The Morgan fingerprint density at radius 1 is 1.20 bits per heavy atom. The van der Waals surface area contributed by atoms with Crippen LogP contribution in [0.3, 0.4) is 0 Å². The minimum absolute atomic E-state index is 0.709. The van der Waals surface area contributed by atoms with Crippen molar-refractivity contribution in [3.63, 3.8) is 0 Å². The smallest absolute Gasteiger partial charge is 0.131 e. The first-order valence-corrected chi connectivity index (χ1v) is 8.43. The second-order valence-electron chi connectivity index (χ2n) is 5.91. The highest BCUT2D eigenvalue weighted by atomic mass is 16.5. The van der Waals surface area contributed by atoms with E-state index in [0.717, 1.165) is 56.5 Å². The van der Waals surface area contributed by atoms with Gasteiger partial charge in [0.1, 0.15) is 11.5 Å². The molecule has 1 aromatic heterocycles. The first-order valence-electron chi connectivity index (χ1n) is 8.43. The molecule has 0 saturated carbocycles. The Morgan fingerprint density at radius 2 is 1.96 bits per heavy atom. The molecule has 25 heavy (non-hydrogen) atoms. The van der Waals surface area contributed by atoms with Gasteiger partial charge in [-0.1, -0.05) is 6.58 Å². The number of nitrogen functional groups attached to an aromatic ring is 1. The van der Waals surface area contributed by atoms with Crippen molar-refractivity contribution in [2.45, 2.75) is 0 Å². The molecular weight excluding hydrogens is 316 g/mol. The van der Waals surface area contributed by atoms with Crippen LogP contribution in [-0.4, -0.2) is 49.3 Å². The van der Waals surface area contributed by atoms with E-state index >= 15 is 0 Å². The van der Waals surface area contributed by atoms with Gasteiger partial charge in [-0.15, -0.1) is 0 Å². The summed E-state index contributed by atoms with van der Waals surface area (Å²) in [5, 5.41) is 3.33. The average molecular weight is 340 g/mol. The van der Waals surface area contributed by atoms with Crippen molar-refractivity contribution in [2.75, 3.05) is 45.1 Å². The highest BCUT2D eigenvalue weighted by Crippen LogP contribution is 2.23. The Labute approximate surface area is 148 Å². The number of ether oxygens (including phenoxy) is 2. The van der Waals surface area contributed by atoms with Gasteiger partial charge in [0.25, 0.3) is 0 Å². The molecule has 1 aromatic carbocycles. The van der Waals surface area contributed by atoms with Crippen LogP contribution in [0.15, 0.2) is 49.2 Å². The molecule has 1 aliphatic rings. The first kappa shape index (κ1) is 17.3. The second kappa shape index (κ2) is 8.50. The fraction of sp³-hybridized carbons (Fsp3) is 0.316. The minimum atomic E-state index is 0.709.